The van der Waals surface area contributed by atoms with Gasteiger partial charge < -0.3 is 5.11 Å². The van der Waals surface area contributed by atoms with Gasteiger partial charge in [0.2, 0.25) is 0 Å². The van der Waals surface area contributed by atoms with Crippen LogP contribution < -0.4 is 0 Å². The minimum absolute atomic E-state index is 0.345. The van der Waals surface area contributed by atoms with Crippen molar-refractivity contribution in [2.75, 3.05) is 0 Å². The zero-order chi connectivity index (χ0) is 19.3. The lowest BCUT2D eigenvalue weighted by Gasteiger charge is -2.07. The van der Waals surface area contributed by atoms with Crippen LogP contribution in [0.15, 0.2) is 0 Å². The monoisotopic (exact) mass is 368 g/mol. The maximum absolute atomic E-state index is 10.4. The Bertz CT molecular complexity index is 288. The van der Waals surface area contributed by atoms with E-state index in [2.05, 4.69) is 13.8 Å². The van der Waals surface area contributed by atoms with Crippen LogP contribution in [0.2, 0.25) is 0 Å². The fourth-order valence-electron chi connectivity index (χ4n) is 3.62. The van der Waals surface area contributed by atoms with E-state index in [1.54, 1.807) is 0 Å². The zero-order valence-corrected chi connectivity index (χ0v) is 18.1. The predicted octanol–water partition coefficient (Wildman–Crippen LogP) is 8.53. The van der Waals surface area contributed by atoms with Crippen LogP contribution in [0.25, 0.3) is 0 Å². The van der Waals surface area contributed by atoms with Gasteiger partial charge in [0.25, 0.3) is 0 Å². The molecule has 0 aliphatic rings. The van der Waals surface area contributed by atoms with Crippen LogP contribution in [0.4, 0.5) is 0 Å². The average Bonchev–Trinajstić information content (AvgIpc) is 2.63. The molecule has 0 aromatic rings. The van der Waals surface area contributed by atoms with Crippen molar-refractivity contribution in [2.24, 2.45) is 5.92 Å². The summed E-state index contributed by atoms with van der Waals surface area (Å²) < 4.78 is 0. The second-order valence-corrected chi connectivity index (χ2v) is 8.46. The number of aliphatic carboxylic acids is 1. The summed E-state index contributed by atoms with van der Waals surface area (Å²) in [6.45, 7) is 4.68. The Hall–Kier alpha value is -0.530. The smallest absolute Gasteiger partial charge is 0.303 e. The number of carbonyl (C=O) groups is 1. The van der Waals surface area contributed by atoms with E-state index in [-0.39, 0.29) is 0 Å². The van der Waals surface area contributed by atoms with E-state index in [4.69, 9.17) is 5.11 Å². The van der Waals surface area contributed by atoms with Gasteiger partial charge in [0.05, 0.1) is 0 Å². The van der Waals surface area contributed by atoms with Gasteiger partial charge in [-0.25, -0.2) is 0 Å². The van der Waals surface area contributed by atoms with Crippen LogP contribution in [0.5, 0.6) is 0 Å². The first-order chi connectivity index (χ1) is 12.7. The highest BCUT2D eigenvalue weighted by Gasteiger charge is 1.99. The molecule has 0 spiro atoms. The SMILES string of the molecule is CC[C@H](C)CCCCCCCCCCCCCCCCCCCC(=O)O. The van der Waals surface area contributed by atoms with Gasteiger partial charge in [-0.1, -0.05) is 129 Å². The topological polar surface area (TPSA) is 37.3 Å². The Morgan fingerprint density at radius 2 is 0.923 bits per heavy atom. The molecular formula is C24H48O2. The first kappa shape index (κ1) is 25.5. The molecule has 0 aliphatic heterocycles. The molecule has 0 aromatic carbocycles. The number of unbranched alkanes of at least 4 members (excludes halogenated alkanes) is 16. The molecule has 2 nitrogen and oxygen atoms in total. The third kappa shape index (κ3) is 21.5. The van der Waals surface area contributed by atoms with Gasteiger partial charge in [0, 0.05) is 6.42 Å². The van der Waals surface area contributed by atoms with Crippen molar-refractivity contribution in [3.8, 4) is 0 Å². The minimum Gasteiger partial charge on any atom is -0.481 e. The van der Waals surface area contributed by atoms with Crippen molar-refractivity contribution < 1.29 is 9.90 Å². The van der Waals surface area contributed by atoms with Gasteiger partial charge in [-0.15, -0.1) is 0 Å². The lowest BCUT2D eigenvalue weighted by Crippen LogP contribution is -1.93. The molecule has 0 radical (unpaired) electrons. The quantitative estimate of drug-likeness (QED) is 0.206. The molecule has 0 saturated heterocycles. The van der Waals surface area contributed by atoms with Crippen LogP contribution >= 0.6 is 0 Å². The molecule has 0 heterocycles. The molecule has 0 aromatic heterocycles. The van der Waals surface area contributed by atoms with Crippen LogP contribution in [0.1, 0.15) is 142 Å². The van der Waals surface area contributed by atoms with Gasteiger partial charge in [-0.3, -0.25) is 4.79 Å². The second-order valence-electron chi connectivity index (χ2n) is 8.46. The molecule has 0 aliphatic carbocycles. The van der Waals surface area contributed by atoms with E-state index >= 15 is 0 Å². The van der Waals surface area contributed by atoms with E-state index in [0.717, 1.165) is 18.8 Å². The van der Waals surface area contributed by atoms with E-state index in [0.29, 0.717) is 6.42 Å². The van der Waals surface area contributed by atoms with E-state index in [9.17, 15) is 4.79 Å². The molecule has 0 bridgehead atoms. The molecule has 0 unspecified atom stereocenters. The average molecular weight is 369 g/mol. The molecule has 0 fully saturated rings. The molecule has 2 heteroatoms. The van der Waals surface area contributed by atoms with Crippen LogP contribution in [0, 0.1) is 5.92 Å². The van der Waals surface area contributed by atoms with E-state index < -0.39 is 5.97 Å². The predicted molar refractivity (Wildman–Crippen MR) is 115 cm³/mol. The molecular weight excluding hydrogens is 320 g/mol. The third-order valence-corrected chi connectivity index (χ3v) is 5.78. The molecule has 0 saturated carbocycles. The van der Waals surface area contributed by atoms with Crippen molar-refractivity contribution in [3.05, 3.63) is 0 Å². The van der Waals surface area contributed by atoms with Gasteiger partial charge >= 0.3 is 5.97 Å². The highest BCUT2D eigenvalue weighted by Crippen LogP contribution is 2.16. The van der Waals surface area contributed by atoms with Gasteiger partial charge in [-0.2, -0.15) is 0 Å². The van der Waals surface area contributed by atoms with Crippen molar-refractivity contribution >= 4 is 5.97 Å². The van der Waals surface area contributed by atoms with Gasteiger partial charge in [0.1, 0.15) is 0 Å². The molecule has 0 amide bonds. The maximum Gasteiger partial charge on any atom is 0.303 e. The zero-order valence-electron chi connectivity index (χ0n) is 18.1. The number of hydrogen-bond acceptors (Lipinski definition) is 1. The van der Waals surface area contributed by atoms with Crippen LogP contribution in [-0.4, -0.2) is 11.1 Å². The van der Waals surface area contributed by atoms with Crippen LogP contribution in [0.3, 0.4) is 0 Å². The molecule has 156 valence electrons. The second kappa shape index (κ2) is 20.8. The Kier molecular flexibility index (Phi) is 20.4. The Labute approximate surface area is 164 Å². The lowest BCUT2D eigenvalue weighted by molar-refractivity contribution is -0.137. The fraction of sp³-hybridized carbons (Fsp3) is 0.958. The number of rotatable bonds is 21. The van der Waals surface area contributed by atoms with Crippen molar-refractivity contribution in [2.45, 2.75) is 142 Å². The Morgan fingerprint density at radius 3 is 1.23 bits per heavy atom. The third-order valence-electron chi connectivity index (χ3n) is 5.78. The number of hydrogen-bond donors (Lipinski definition) is 1. The van der Waals surface area contributed by atoms with Gasteiger partial charge in [-0.05, 0) is 12.3 Å². The first-order valence-electron chi connectivity index (χ1n) is 11.9. The van der Waals surface area contributed by atoms with Crippen molar-refractivity contribution in [1.29, 1.82) is 0 Å². The first-order valence-corrected chi connectivity index (χ1v) is 11.9. The van der Waals surface area contributed by atoms with Crippen LogP contribution in [-0.2, 0) is 4.79 Å². The van der Waals surface area contributed by atoms with Crippen molar-refractivity contribution in [3.63, 3.8) is 0 Å². The number of carboxylic acids is 1. The van der Waals surface area contributed by atoms with E-state index in [1.165, 1.54) is 109 Å². The highest BCUT2D eigenvalue weighted by atomic mass is 16.4. The molecule has 26 heavy (non-hydrogen) atoms. The summed E-state index contributed by atoms with van der Waals surface area (Å²) in [4.78, 5) is 10.4. The fourth-order valence-corrected chi connectivity index (χ4v) is 3.62. The summed E-state index contributed by atoms with van der Waals surface area (Å²) in [5.41, 5.74) is 0. The lowest BCUT2D eigenvalue weighted by atomic mass is 9.99. The van der Waals surface area contributed by atoms with E-state index in [1.807, 2.05) is 0 Å². The largest absolute Gasteiger partial charge is 0.481 e. The molecule has 1 atom stereocenters. The molecule has 0 rings (SSSR count). The Morgan fingerprint density at radius 1 is 0.615 bits per heavy atom. The maximum atomic E-state index is 10.4. The summed E-state index contributed by atoms with van der Waals surface area (Å²) in [5.74, 6) is 0.279. The van der Waals surface area contributed by atoms with Crippen molar-refractivity contribution in [1.82, 2.24) is 0 Å². The van der Waals surface area contributed by atoms with Gasteiger partial charge in [0.15, 0.2) is 0 Å². The minimum atomic E-state index is -0.651. The summed E-state index contributed by atoms with van der Waals surface area (Å²) >= 11 is 0. The highest BCUT2D eigenvalue weighted by molar-refractivity contribution is 5.66. The molecule has 1 N–H and O–H groups in total. The summed E-state index contributed by atoms with van der Waals surface area (Å²) in [6, 6.07) is 0. The standard InChI is InChI=1S/C24H48O2/c1-3-23(2)21-19-17-15-13-11-9-7-5-4-6-8-10-12-14-16-18-20-22-24(25)26/h23H,3-22H2,1-2H3,(H,25,26)/t23-/m0/s1. The summed E-state index contributed by atoms with van der Waals surface area (Å²) in [7, 11) is 0. The summed E-state index contributed by atoms with van der Waals surface area (Å²) in [5, 5.41) is 8.57. The Balaban J connectivity index is 3.02. The number of carboxylic acid groups (broad SMARTS) is 1. The summed E-state index contributed by atoms with van der Waals surface area (Å²) in [6.07, 6.45) is 26.1. The normalized spacial score (nSPS) is 12.4.